The molecule has 5 nitrogen and oxygen atoms in total. The van der Waals surface area contributed by atoms with Crippen molar-refractivity contribution < 1.29 is 19.1 Å². The van der Waals surface area contributed by atoms with E-state index in [0.29, 0.717) is 18.9 Å². The second kappa shape index (κ2) is 7.09. The lowest BCUT2D eigenvalue weighted by Gasteiger charge is -2.16. The van der Waals surface area contributed by atoms with Crippen molar-refractivity contribution in [3.63, 3.8) is 0 Å². The third-order valence-corrected chi connectivity index (χ3v) is 2.44. The van der Waals surface area contributed by atoms with Gasteiger partial charge in [-0.25, -0.2) is 4.79 Å². The Bertz CT molecular complexity index is 342. The van der Waals surface area contributed by atoms with E-state index >= 15 is 0 Å². The molecule has 0 bridgehead atoms. The number of rotatable bonds is 8. The molecule has 0 aliphatic carbocycles. The van der Waals surface area contributed by atoms with E-state index in [1.807, 2.05) is 0 Å². The molecule has 0 aromatic carbocycles. The number of hydrogen-bond donors (Lipinski definition) is 2. The third kappa shape index (κ3) is 4.58. The van der Waals surface area contributed by atoms with Crippen LogP contribution in [0.3, 0.4) is 0 Å². The minimum Gasteiger partial charge on any atom is -0.475 e. The number of ether oxygens (including phenoxy) is 1. The Morgan fingerprint density at radius 3 is 2.88 bits per heavy atom. The normalized spacial score (nSPS) is 12.6. The predicted molar refractivity (Wildman–Crippen MR) is 63.1 cm³/mol. The lowest BCUT2D eigenvalue weighted by atomic mass is 10.2. The predicted octanol–water partition coefficient (Wildman–Crippen LogP) is 1.88. The van der Waals surface area contributed by atoms with Crippen molar-refractivity contribution in [3.05, 3.63) is 23.7 Å². The van der Waals surface area contributed by atoms with Gasteiger partial charge in [-0.1, -0.05) is 13.3 Å². The van der Waals surface area contributed by atoms with Crippen LogP contribution in [0.1, 0.15) is 36.1 Å². The SMILES string of the molecule is CCCC(COC)NCc1ccc(C(=O)O)o1. The standard InChI is InChI=1S/C12H19NO4/c1-3-4-9(8-16-2)13-7-10-5-6-11(17-10)12(14)15/h5-6,9,13H,3-4,7-8H2,1-2H3,(H,14,15). The van der Waals surface area contributed by atoms with Gasteiger partial charge in [-0.15, -0.1) is 0 Å². The lowest BCUT2D eigenvalue weighted by Crippen LogP contribution is -2.32. The van der Waals surface area contributed by atoms with Crippen LogP contribution in [0.2, 0.25) is 0 Å². The zero-order chi connectivity index (χ0) is 12.7. The summed E-state index contributed by atoms with van der Waals surface area (Å²) in [7, 11) is 1.67. The van der Waals surface area contributed by atoms with Gasteiger partial charge in [0.05, 0.1) is 13.2 Å². The van der Waals surface area contributed by atoms with Crippen LogP contribution in [0.4, 0.5) is 0 Å². The number of methoxy groups -OCH3 is 1. The maximum absolute atomic E-state index is 10.6. The molecule has 0 amide bonds. The van der Waals surface area contributed by atoms with Gasteiger partial charge in [0, 0.05) is 13.2 Å². The van der Waals surface area contributed by atoms with E-state index in [0.717, 1.165) is 12.8 Å². The molecule has 1 heterocycles. The van der Waals surface area contributed by atoms with Crippen molar-refractivity contribution in [2.75, 3.05) is 13.7 Å². The minimum atomic E-state index is -1.04. The highest BCUT2D eigenvalue weighted by Gasteiger charge is 2.11. The number of furan rings is 1. The number of carbonyl (C=O) groups is 1. The van der Waals surface area contributed by atoms with Crippen LogP contribution >= 0.6 is 0 Å². The molecule has 0 saturated heterocycles. The fraction of sp³-hybridized carbons (Fsp3) is 0.583. The van der Waals surface area contributed by atoms with Gasteiger partial charge >= 0.3 is 5.97 Å². The number of carboxylic acids is 1. The lowest BCUT2D eigenvalue weighted by molar-refractivity contribution is 0.0660. The summed E-state index contributed by atoms with van der Waals surface area (Å²) >= 11 is 0. The van der Waals surface area contributed by atoms with Crippen LogP contribution in [-0.4, -0.2) is 30.8 Å². The van der Waals surface area contributed by atoms with E-state index in [2.05, 4.69) is 12.2 Å². The van der Waals surface area contributed by atoms with Gasteiger partial charge in [0.2, 0.25) is 5.76 Å². The fourth-order valence-electron chi connectivity index (χ4n) is 1.63. The van der Waals surface area contributed by atoms with Crippen molar-refractivity contribution in [1.82, 2.24) is 5.32 Å². The molecule has 5 heteroatoms. The Morgan fingerprint density at radius 1 is 1.59 bits per heavy atom. The zero-order valence-corrected chi connectivity index (χ0v) is 10.2. The highest BCUT2D eigenvalue weighted by Crippen LogP contribution is 2.08. The summed E-state index contributed by atoms with van der Waals surface area (Å²) in [5.74, 6) is -0.446. The summed E-state index contributed by atoms with van der Waals surface area (Å²) in [5.41, 5.74) is 0. The number of carboxylic acid groups (broad SMARTS) is 1. The first-order chi connectivity index (χ1) is 8.17. The second-order valence-electron chi connectivity index (χ2n) is 3.89. The molecular formula is C12H19NO4. The molecule has 1 aromatic heterocycles. The van der Waals surface area contributed by atoms with E-state index in [1.165, 1.54) is 6.07 Å². The van der Waals surface area contributed by atoms with Gasteiger partial charge in [0.1, 0.15) is 5.76 Å². The molecule has 0 aliphatic rings. The summed E-state index contributed by atoms with van der Waals surface area (Å²) in [5, 5.41) is 12.0. The molecule has 1 unspecified atom stereocenters. The molecule has 0 fully saturated rings. The fourth-order valence-corrected chi connectivity index (χ4v) is 1.63. The molecule has 2 N–H and O–H groups in total. The Labute approximate surface area is 101 Å². The quantitative estimate of drug-likeness (QED) is 0.727. The average Bonchev–Trinajstić information content (AvgIpc) is 2.75. The highest BCUT2D eigenvalue weighted by atomic mass is 16.5. The first kappa shape index (κ1) is 13.7. The Kier molecular flexibility index (Phi) is 5.72. The summed E-state index contributed by atoms with van der Waals surface area (Å²) in [6.45, 7) is 3.27. The van der Waals surface area contributed by atoms with Crippen LogP contribution in [0.25, 0.3) is 0 Å². The molecule has 17 heavy (non-hydrogen) atoms. The Hall–Kier alpha value is -1.33. The molecule has 96 valence electrons. The van der Waals surface area contributed by atoms with Crippen LogP contribution in [0.15, 0.2) is 16.5 Å². The Balaban J connectivity index is 2.44. The number of aromatic carboxylic acids is 1. The summed E-state index contributed by atoms with van der Waals surface area (Å²) in [6.07, 6.45) is 2.08. The number of nitrogens with one attached hydrogen (secondary N) is 1. The average molecular weight is 241 g/mol. The molecular weight excluding hydrogens is 222 g/mol. The first-order valence-electron chi connectivity index (χ1n) is 5.71. The van der Waals surface area contributed by atoms with E-state index in [9.17, 15) is 4.79 Å². The van der Waals surface area contributed by atoms with Crippen molar-refractivity contribution >= 4 is 5.97 Å². The van der Waals surface area contributed by atoms with Crippen molar-refractivity contribution in [1.29, 1.82) is 0 Å². The van der Waals surface area contributed by atoms with Gasteiger partial charge in [0.25, 0.3) is 0 Å². The van der Waals surface area contributed by atoms with Gasteiger partial charge in [-0.2, -0.15) is 0 Å². The van der Waals surface area contributed by atoms with Crippen LogP contribution in [0.5, 0.6) is 0 Å². The summed E-state index contributed by atoms with van der Waals surface area (Å²) in [4.78, 5) is 10.6. The van der Waals surface area contributed by atoms with Crippen LogP contribution < -0.4 is 5.32 Å². The molecule has 1 rings (SSSR count). The van der Waals surface area contributed by atoms with Crippen LogP contribution in [0, 0.1) is 0 Å². The smallest absolute Gasteiger partial charge is 0.371 e. The maximum Gasteiger partial charge on any atom is 0.371 e. The molecule has 1 aromatic rings. The largest absolute Gasteiger partial charge is 0.475 e. The third-order valence-electron chi connectivity index (χ3n) is 2.44. The van der Waals surface area contributed by atoms with E-state index in [1.54, 1.807) is 13.2 Å². The molecule has 0 radical (unpaired) electrons. The van der Waals surface area contributed by atoms with E-state index in [4.69, 9.17) is 14.3 Å². The van der Waals surface area contributed by atoms with Crippen molar-refractivity contribution in [3.8, 4) is 0 Å². The monoisotopic (exact) mass is 241 g/mol. The van der Waals surface area contributed by atoms with Crippen LogP contribution in [-0.2, 0) is 11.3 Å². The van der Waals surface area contributed by atoms with Gasteiger partial charge in [-0.05, 0) is 18.6 Å². The second-order valence-corrected chi connectivity index (χ2v) is 3.89. The summed E-state index contributed by atoms with van der Waals surface area (Å²) in [6, 6.07) is 3.40. The van der Waals surface area contributed by atoms with Gasteiger partial charge in [0.15, 0.2) is 0 Å². The van der Waals surface area contributed by atoms with E-state index in [-0.39, 0.29) is 11.8 Å². The van der Waals surface area contributed by atoms with Gasteiger partial charge < -0.3 is 19.6 Å². The van der Waals surface area contributed by atoms with Gasteiger partial charge in [-0.3, -0.25) is 0 Å². The topological polar surface area (TPSA) is 71.7 Å². The molecule has 0 saturated carbocycles. The Morgan fingerprint density at radius 2 is 2.35 bits per heavy atom. The van der Waals surface area contributed by atoms with E-state index < -0.39 is 5.97 Å². The molecule has 0 spiro atoms. The molecule has 0 aliphatic heterocycles. The van der Waals surface area contributed by atoms with Crippen molar-refractivity contribution in [2.45, 2.75) is 32.4 Å². The molecule has 1 atom stereocenters. The highest BCUT2D eigenvalue weighted by molar-refractivity contribution is 5.84. The minimum absolute atomic E-state index is 0.0272. The zero-order valence-electron chi connectivity index (χ0n) is 10.2. The summed E-state index contributed by atoms with van der Waals surface area (Å²) < 4.78 is 10.3. The number of hydrogen-bond acceptors (Lipinski definition) is 4. The first-order valence-corrected chi connectivity index (χ1v) is 5.71. The maximum atomic E-state index is 10.6. The van der Waals surface area contributed by atoms with Crippen molar-refractivity contribution in [2.24, 2.45) is 0 Å².